The van der Waals surface area contributed by atoms with E-state index in [9.17, 15) is 4.79 Å². The van der Waals surface area contributed by atoms with E-state index in [1.54, 1.807) is 12.4 Å². The van der Waals surface area contributed by atoms with Crippen LogP contribution >= 0.6 is 0 Å². The number of nitrogens with zero attached hydrogens (tertiary/aromatic N) is 7. The Morgan fingerprint density at radius 3 is 2.74 bits per heavy atom. The molecule has 0 spiro atoms. The summed E-state index contributed by atoms with van der Waals surface area (Å²) in [5.41, 5.74) is 6.85. The van der Waals surface area contributed by atoms with Gasteiger partial charge < -0.3 is 25.0 Å². The van der Waals surface area contributed by atoms with Crippen LogP contribution in [0.3, 0.4) is 0 Å². The van der Waals surface area contributed by atoms with Gasteiger partial charge in [-0.15, -0.1) is 0 Å². The summed E-state index contributed by atoms with van der Waals surface area (Å²) >= 11 is 0. The molecule has 1 aliphatic rings. The van der Waals surface area contributed by atoms with Crippen LogP contribution in [-0.4, -0.2) is 99.7 Å². The van der Waals surface area contributed by atoms with Crippen molar-refractivity contribution in [3.05, 3.63) is 48.9 Å². The second kappa shape index (κ2) is 9.84. The molecule has 1 amide bonds. The first-order valence-electron chi connectivity index (χ1n) is 12.6. The van der Waals surface area contributed by atoms with Crippen molar-refractivity contribution in [1.82, 2.24) is 39.9 Å². The van der Waals surface area contributed by atoms with Crippen molar-refractivity contribution in [3.8, 4) is 22.6 Å². The van der Waals surface area contributed by atoms with Crippen LogP contribution < -0.4 is 10.2 Å². The molecule has 1 saturated heterocycles. The van der Waals surface area contributed by atoms with E-state index in [-0.39, 0.29) is 5.91 Å². The molecule has 11 heteroatoms. The van der Waals surface area contributed by atoms with Gasteiger partial charge in [0.1, 0.15) is 11.2 Å². The number of hydrogen-bond donors (Lipinski definition) is 3. The van der Waals surface area contributed by atoms with Crippen LogP contribution in [-0.2, 0) is 4.79 Å². The molecule has 38 heavy (non-hydrogen) atoms. The van der Waals surface area contributed by atoms with Crippen molar-refractivity contribution in [2.24, 2.45) is 0 Å². The molecular formula is C27H30N10O. The number of carbonyl (C=O) groups is 1. The third-order valence-electron chi connectivity index (χ3n) is 6.82. The van der Waals surface area contributed by atoms with Gasteiger partial charge >= 0.3 is 0 Å². The number of imidazole rings is 1. The summed E-state index contributed by atoms with van der Waals surface area (Å²) in [7, 11) is 5.87. The summed E-state index contributed by atoms with van der Waals surface area (Å²) in [6.07, 6.45) is 5.26. The van der Waals surface area contributed by atoms with Gasteiger partial charge in [0.15, 0.2) is 11.5 Å². The molecule has 11 nitrogen and oxygen atoms in total. The maximum Gasteiger partial charge on any atom is 0.238 e. The number of benzene rings is 1. The highest BCUT2D eigenvalue weighted by Gasteiger charge is 2.20. The van der Waals surface area contributed by atoms with E-state index in [1.165, 1.54) is 0 Å². The van der Waals surface area contributed by atoms with Gasteiger partial charge in [-0.1, -0.05) is 6.07 Å². The third kappa shape index (κ3) is 4.69. The highest BCUT2D eigenvalue weighted by molar-refractivity contribution is 5.97. The summed E-state index contributed by atoms with van der Waals surface area (Å²) in [6.45, 7) is 4.26. The zero-order valence-corrected chi connectivity index (χ0v) is 21.7. The number of likely N-dealkylation sites (N-methyl/N-ethyl adjacent to an activating group) is 2. The first kappa shape index (κ1) is 24.0. The Labute approximate surface area is 219 Å². The Bertz CT molecular complexity index is 1610. The van der Waals surface area contributed by atoms with Crippen LogP contribution in [0, 0.1) is 0 Å². The number of amides is 1. The molecule has 1 aromatic carbocycles. The average molecular weight is 511 g/mol. The lowest BCUT2D eigenvalue weighted by atomic mass is 10.0. The molecular weight excluding hydrogens is 480 g/mol. The molecule has 0 aliphatic carbocycles. The van der Waals surface area contributed by atoms with Gasteiger partial charge in [0.05, 0.1) is 29.6 Å². The largest absolute Gasteiger partial charge is 0.367 e. The molecule has 4 aromatic heterocycles. The average Bonchev–Trinajstić information content (AvgIpc) is 3.52. The molecule has 6 rings (SSSR count). The molecule has 0 atom stereocenters. The van der Waals surface area contributed by atoms with Gasteiger partial charge in [0, 0.05) is 49.5 Å². The van der Waals surface area contributed by atoms with Crippen LogP contribution in [0.15, 0.2) is 48.9 Å². The van der Waals surface area contributed by atoms with Crippen molar-refractivity contribution < 1.29 is 4.79 Å². The van der Waals surface area contributed by atoms with E-state index >= 15 is 0 Å². The van der Waals surface area contributed by atoms with E-state index in [0.717, 1.165) is 65.1 Å². The fourth-order valence-electron chi connectivity index (χ4n) is 4.85. The number of rotatable bonds is 6. The van der Waals surface area contributed by atoms with Gasteiger partial charge in [-0.2, -0.15) is 5.10 Å². The van der Waals surface area contributed by atoms with Crippen molar-refractivity contribution in [1.29, 1.82) is 0 Å². The van der Waals surface area contributed by atoms with Crippen molar-refractivity contribution in [2.45, 2.75) is 0 Å². The summed E-state index contributed by atoms with van der Waals surface area (Å²) in [5.74, 6) is 0.580. The minimum atomic E-state index is -0.0871. The van der Waals surface area contributed by atoms with E-state index in [1.807, 2.05) is 49.5 Å². The lowest BCUT2D eigenvalue weighted by molar-refractivity contribution is -0.116. The van der Waals surface area contributed by atoms with Gasteiger partial charge in [-0.3, -0.25) is 14.9 Å². The van der Waals surface area contributed by atoms with E-state index in [2.05, 4.69) is 53.4 Å². The number of hydrogen-bond acceptors (Lipinski definition) is 8. The molecule has 0 saturated carbocycles. The molecule has 0 unspecified atom stereocenters. The maximum atomic E-state index is 12.2. The number of piperazine rings is 1. The van der Waals surface area contributed by atoms with Crippen LogP contribution in [0.1, 0.15) is 0 Å². The van der Waals surface area contributed by atoms with Crippen molar-refractivity contribution in [2.75, 3.05) is 64.1 Å². The predicted molar refractivity (Wildman–Crippen MR) is 149 cm³/mol. The number of pyridine rings is 2. The van der Waals surface area contributed by atoms with Crippen LogP contribution in [0.5, 0.6) is 0 Å². The Morgan fingerprint density at radius 1 is 1.08 bits per heavy atom. The number of aromatic nitrogens is 6. The highest BCUT2D eigenvalue weighted by atomic mass is 16.2. The number of carbonyl (C=O) groups excluding carboxylic acids is 1. The normalized spacial score (nSPS) is 14.6. The lowest BCUT2D eigenvalue weighted by Gasteiger charge is -2.34. The van der Waals surface area contributed by atoms with Gasteiger partial charge in [-0.05, 0) is 51.0 Å². The number of H-pyrrole nitrogens is 2. The number of anilines is 2. The molecule has 1 fully saturated rings. The lowest BCUT2D eigenvalue weighted by Crippen LogP contribution is -2.44. The minimum absolute atomic E-state index is 0.0871. The zero-order chi connectivity index (χ0) is 26.2. The molecule has 5 aromatic rings. The number of fused-ring (bicyclic) bond motifs is 2. The maximum absolute atomic E-state index is 12.2. The number of nitrogens with one attached hydrogen (secondary N) is 3. The minimum Gasteiger partial charge on any atom is -0.367 e. The summed E-state index contributed by atoms with van der Waals surface area (Å²) in [5, 5.41) is 11.6. The van der Waals surface area contributed by atoms with E-state index in [0.29, 0.717) is 23.7 Å². The third-order valence-corrected chi connectivity index (χ3v) is 6.82. The Hall–Kier alpha value is -4.35. The molecule has 0 radical (unpaired) electrons. The zero-order valence-electron chi connectivity index (χ0n) is 21.7. The molecule has 3 N–H and O–H groups in total. The Kier molecular flexibility index (Phi) is 6.22. The van der Waals surface area contributed by atoms with E-state index in [4.69, 9.17) is 4.98 Å². The standard InChI is InChI=1S/C27H30N10O/c1-35(2)16-23(38)30-19-12-18(14-28-15-19)17-4-5-21-20(13-17)24(34-33-21)27-31-25-22(6-7-29-26(25)32-27)37-10-8-36(3)9-11-37/h4-7,12-15H,8-11,16H2,1-3H3,(H,30,38)(H,33,34)(H,29,31,32). The smallest absolute Gasteiger partial charge is 0.238 e. The topological polar surface area (TPSA) is 122 Å². The van der Waals surface area contributed by atoms with Gasteiger partial charge in [0.2, 0.25) is 5.91 Å². The summed E-state index contributed by atoms with van der Waals surface area (Å²) in [4.78, 5) is 35.9. The molecule has 1 aliphatic heterocycles. The Balaban J connectivity index is 1.34. The molecule has 5 heterocycles. The van der Waals surface area contributed by atoms with Crippen LogP contribution in [0.4, 0.5) is 11.4 Å². The fraction of sp³-hybridized carbons (Fsp3) is 0.296. The van der Waals surface area contributed by atoms with Crippen molar-refractivity contribution in [3.63, 3.8) is 0 Å². The van der Waals surface area contributed by atoms with Gasteiger partial charge in [-0.25, -0.2) is 9.97 Å². The Morgan fingerprint density at radius 2 is 1.92 bits per heavy atom. The quantitative estimate of drug-likeness (QED) is 0.319. The molecule has 0 bridgehead atoms. The van der Waals surface area contributed by atoms with Gasteiger partial charge in [0.25, 0.3) is 0 Å². The first-order chi connectivity index (χ1) is 18.4. The first-order valence-corrected chi connectivity index (χ1v) is 12.6. The predicted octanol–water partition coefficient (Wildman–Crippen LogP) is 2.82. The second-order valence-corrected chi connectivity index (χ2v) is 9.99. The van der Waals surface area contributed by atoms with Crippen LogP contribution in [0.2, 0.25) is 0 Å². The SMILES string of the molecule is CN(C)CC(=O)Nc1cncc(-c2ccc3[nH]nc(-c4nc5nccc(N6CCN(C)CC6)c5[nH]4)c3c2)c1. The number of aromatic amines is 2. The summed E-state index contributed by atoms with van der Waals surface area (Å²) in [6, 6.07) is 10.1. The fourth-order valence-corrected chi connectivity index (χ4v) is 4.85. The highest BCUT2D eigenvalue weighted by Crippen LogP contribution is 2.32. The molecule has 194 valence electrons. The second-order valence-electron chi connectivity index (χ2n) is 9.99. The van der Waals surface area contributed by atoms with Crippen molar-refractivity contribution >= 4 is 39.3 Å². The van der Waals surface area contributed by atoms with Crippen LogP contribution in [0.25, 0.3) is 44.7 Å². The monoisotopic (exact) mass is 510 g/mol. The van der Waals surface area contributed by atoms with E-state index < -0.39 is 0 Å². The summed E-state index contributed by atoms with van der Waals surface area (Å²) < 4.78 is 0.